The molecule has 1 aromatic rings. The van der Waals surface area contributed by atoms with Gasteiger partial charge in [0.1, 0.15) is 5.75 Å². The molecule has 1 fully saturated rings. The molecule has 1 aliphatic rings. The number of nitrogen functional groups attached to an aromatic ring is 1. The van der Waals surface area contributed by atoms with E-state index in [9.17, 15) is 4.79 Å². The zero-order chi connectivity index (χ0) is 20.5. The summed E-state index contributed by atoms with van der Waals surface area (Å²) in [6, 6.07) is 3.13. The first kappa shape index (κ1) is 22.5. The van der Waals surface area contributed by atoms with Gasteiger partial charge in [-0.05, 0) is 56.6 Å². The maximum Gasteiger partial charge on any atom is 0.255 e. The third kappa shape index (κ3) is 6.68. The molecule has 0 radical (unpaired) electrons. The number of halogens is 1. The van der Waals surface area contributed by atoms with Crippen LogP contribution in [0.1, 0.15) is 29.6 Å². The number of nitrogens with zero attached hydrogens (tertiary/aromatic N) is 1. The number of hydrogen-bond acceptors (Lipinski definition) is 5. The van der Waals surface area contributed by atoms with Crippen molar-refractivity contribution in [3.63, 3.8) is 0 Å². The summed E-state index contributed by atoms with van der Waals surface area (Å²) in [5, 5.41) is 10.1. The number of rotatable bonds is 9. The zero-order valence-corrected chi connectivity index (χ0v) is 18.1. The highest BCUT2D eigenvalue weighted by Crippen LogP contribution is 2.28. The number of anilines is 1. The molecule has 1 aliphatic heterocycles. The Morgan fingerprint density at radius 2 is 2.18 bits per heavy atom. The number of methoxy groups -OCH3 is 1. The highest BCUT2D eigenvalue weighted by Gasteiger charge is 2.23. The quantitative estimate of drug-likeness (QED) is 0.271. The van der Waals surface area contributed by atoms with E-state index >= 15 is 0 Å². The molecule has 9 heteroatoms. The normalized spacial score (nSPS) is 16.6. The Bertz CT molecular complexity index is 689. The number of nitrogens with one attached hydrogen (secondary N) is 3. The molecule has 1 amide bonds. The molecule has 7 nitrogen and oxygen atoms in total. The molecule has 1 heterocycles. The lowest BCUT2D eigenvalue weighted by Crippen LogP contribution is -2.33. The Morgan fingerprint density at radius 3 is 2.89 bits per heavy atom. The minimum atomic E-state index is -0.191. The van der Waals surface area contributed by atoms with Crippen molar-refractivity contribution in [3.8, 4) is 5.75 Å². The summed E-state index contributed by atoms with van der Waals surface area (Å²) in [4.78, 5) is 15.0. The number of benzene rings is 1. The van der Waals surface area contributed by atoms with E-state index in [2.05, 4.69) is 20.9 Å². The predicted molar refractivity (Wildman–Crippen MR) is 118 cm³/mol. The molecule has 0 spiro atoms. The van der Waals surface area contributed by atoms with Crippen LogP contribution < -0.4 is 26.4 Å². The van der Waals surface area contributed by atoms with E-state index in [0.717, 1.165) is 45.4 Å². The first-order valence-electron chi connectivity index (χ1n) is 9.53. The zero-order valence-electron chi connectivity index (χ0n) is 16.5. The van der Waals surface area contributed by atoms with Crippen molar-refractivity contribution in [1.29, 1.82) is 0 Å². The van der Waals surface area contributed by atoms with Gasteiger partial charge in [0, 0.05) is 32.7 Å². The Kier molecular flexibility index (Phi) is 9.08. The van der Waals surface area contributed by atoms with Crippen LogP contribution in [0.2, 0.25) is 5.02 Å². The molecule has 1 aromatic carbocycles. The van der Waals surface area contributed by atoms with Crippen LogP contribution in [0.3, 0.4) is 0 Å². The predicted octanol–water partition coefficient (Wildman–Crippen LogP) is 1.86. The third-order valence-electron chi connectivity index (χ3n) is 4.90. The molecule has 1 saturated heterocycles. The van der Waals surface area contributed by atoms with Gasteiger partial charge >= 0.3 is 0 Å². The van der Waals surface area contributed by atoms with Gasteiger partial charge < -0.3 is 31.3 Å². The first-order chi connectivity index (χ1) is 13.4. The Morgan fingerprint density at radius 1 is 1.39 bits per heavy atom. The monoisotopic (exact) mass is 427 g/mol. The van der Waals surface area contributed by atoms with E-state index in [4.69, 9.17) is 34.3 Å². The molecular formula is C19H30ClN5O2S. The standard InChI is InChI=1S/C19H30ClN5O2S/c1-22-19(28)23-6-3-4-7-25-8-5-13(12-25)11-24-18(26)14-9-15(20)16(21)10-17(14)27-2/h9-10,13H,3-8,11-12,21H2,1-2H3,(H,24,26)(H2,22,23,28). The van der Waals surface area contributed by atoms with Crippen molar-refractivity contribution in [2.24, 2.45) is 5.92 Å². The highest BCUT2D eigenvalue weighted by molar-refractivity contribution is 7.80. The van der Waals surface area contributed by atoms with E-state index in [0.29, 0.717) is 39.6 Å². The van der Waals surface area contributed by atoms with E-state index in [1.54, 1.807) is 12.1 Å². The summed E-state index contributed by atoms with van der Waals surface area (Å²) in [5.41, 5.74) is 6.57. The van der Waals surface area contributed by atoms with Gasteiger partial charge in [-0.2, -0.15) is 0 Å². The summed E-state index contributed by atoms with van der Waals surface area (Å²) in [7, 11) is 3.33. The van der Waals surface area contributed by atoms with E-state index in [1.807, 2.05) is 7.05 Å². The maximum atomic E-state index is 12.5. The maximum absolute atomic E-state index is 12.5. The minimum Gasteiger partial charge on any atom is -0.496 e. The van der Waals surface area contributed by atoms with Gasteiger partial charge in [-0.1, -0.05) is 11.6 Å². The molecule has 0 aliphatic carbocycles. The second-order valence-electron chi connectivity index (χ2n) is 6.95. The Labute approximate surface area is 177 Å². The summed E-state index contributed by atoms with van der Waals surface area (Å²) >= 11 is 11.1. The number of nitrogens with two attached hydrogens (primary N) is 1. The molecule has 156 valence electrons. The van der Waals surface area contributed by atoms with E-state index in [-0.39, 0.29) is 5.91 Å². The number of amides is 1. The summed E-state index contributed by atoms with van der Waals surface area (Å²) in [6.45, 7) is 4.67. The number of carbonyl (C=O) groups excluding carboxylic acids is 1. The first-order valence-corrected chi connectivity index (χ1v) is 10.3. The second-order valence-corrected chi connectivity index (χ2v) is 7.77. The molecule has 28 heavy (non-hydrogen) atoms. The van der Waals surface area contributed by atoms with Gasteiger partial charge in [-0.15, -0.1) is 0 Å². The largest absolute Gasteiger partial charge is 0.496 e. The van der Waals surface area contributed by atoms with Crippen LogP contribution in [0, 0.1) is 5.92 Å². The summed E-state index contributed by atoms with van der Waals surface area (Å²) < 4.78 is 5.25. The van der Waals surface area contributed by atoms with E-state index < -0.39 is 0 Å². The van der Waals surface area contributed by atoms with Crippen LogP contribution >= 0.6 is 23.8 Å². The molecule has 1 unspecified atom stereocenters. The molecule has 2 rings (SSSR count). The summed E-state index contributed by atoms with van der Waals surface area (Å²) in [6.07, 6.45) is 3.29. The third-order valence-corrected chi connectivity index (χ3v) is 5.57. The molecular weight excluding hydrogens is 398 g/mol. The van der Waals surface area contributed by atoms with Crippen LogP contribution in [0.15, 0.2) is 12.1 Å². The Balaban J connectivity index is 1.71. The molecule has 0 bridgehead atoms. The fourth-order valence-corrected chi connectivity index (χ4v) is 3.55. The van der Waals surface area contributed by atoms with Crippen molar-refractivity contribution in [2.75, 3.05) is 52.6 Å². The van der Waals surface area contributed by atoms with Gasteiger partial charge in [-0.3, -0.25) is 4.79 Å². The van der Waals surface area contributed by atoms with Crippen molar-refractivity contribution in [3.05, 3.63) is 22.7 Å². The lowest BCUT2D eigenvalue weighted by Gasteiger charge is -2.17. The fraction of sp³-hybridized carbons (Fsp3) is 0.579. The SMILES string of the molecule is CNC(=S)NCCCCN1CCC(CNC(=O)c2cc(Cl)c(N)cc2OC)C1. The Hall–Kier alpha value is -1.77. The van der Waals surface area contributed by atoms with Crippen LogP contribution in [0.5, 0.6) is 5.75 Å². The van der Waals surface area contributed by atoms with Crippen molar-refractivity contribution >= 4 is 40.5 Å². The smallest absolute Gasteiger partial charge is 0.255 e. The molecule has 0 saturated carbocycles. The number of carbonyl (C=O) groups is 1. The average molecular weight is 428 g/mol. The number of unbranched alkanes of at least 4 members (excludes halogenated alkanes) is 1. The topological polar surface area (TPSA) is 91.7 Å². The summed E-state index contributed by atoms with van der Waals surface area (Å²) in [5.74, 6) is 0.691. The van der Waals surface area contributed by atoms with Gasteiger partial charge in [0.25, 0.3) is 5.91 Å². The van der Waals surface area contributed by atoms with Crippen LogP contribution in [0.4, 0.5) is 5.69 Å². The number of thiocarbonyl (C=S) groups is 1. The van der Waals surface area contributed by atoms with Crippen LogP contribution in [0.25, 0.3) is 0 Å². The van der Waals surface area contributed by atoms with Crippen molar-refractivity contribution < 1.29 is 9.53 Å². The highest BCUT2D eigenvalue weighted by atomic mass is 35.5. The minimum absolute atomic E-state index is 0.191. The van der Waals surface area contributed by atoms with Crippen molar-refractivity contribution in [2.45, 2.75) is 19.3 Å². The lowest BCUT2D eigenvalue weighted by molar-refractivity contribution is 0.0944. The average Bonchev–Trinajstić information content (AvgIpc) is 3.15. The fourth-order valence-electron chi connectivity index (χ4n) is 3.28. The number of ether oxygens (including phenoxy) is 1. The molecule has 5 N–H and O–H groups in total. The van der Waals surface area contributed by atoms with Crippen molar-refractivity contribution in [1.82, 2.24) is 20.9 Å². The van der Waals surface area contributed by atoms with Gasteiger partial charge in [-0.25, -0.2) is 0 Å². The second kappa shape index (κ2) is 11.3. The molecule has 0 aromatic heterocycles. The van der Waals surface area contributed by atoms with Crippen LogP contribution in [-0.2, 0) is 0 Å². The van der Waals surface area contributed by atoms with Gasteiger partial charge in [0.15, 0.2) is 5.11 Å². The molecule has 1 atom stereocenters. The van der Waals surface area contributed by atoms with Crippen LogP contribution in [-0.4, -0.2) is 62.8 Å². The van der Waals surface area contributed by atoms with Gasteiger partial charge in [0.05, 0.1) is 23.4 Å². The van der Waals surface area contributed by atoms with Gasteiger partial charge in [0.2, 0.25) is 0 Å². The van der Waals surface area contributed by atoms with E-state index in [1.165, 1.54) is 7.11 Å². The number of hydrogen-bond donors (Lipinski definition) is 4. The number of likely N-dealkylation sites (tertiary alicyclic amines) is 1. The lowest BCUT2D eigenvalue weighted by atomic mass is 10.1.